The lowest BCUT2D eigenvalue weighted by molar-refractivity contribution is -0.148. The molecule has 1 aromatic heterocycles. The number of carbonyl (C=O) groups is 2. The van der Waals surface area contributed by atoms with Crippen molar-refractivity contribution < 1.29 is 14.7 Å². The Morgan fingerprint density at radius 3 is 2.63 bits per heavy atom. The predicted octanol–water partition coefficient (Wildman–Crippen LogP) is 1.07. The Balaban J connectivity index is 1.54. The minimum absolute atomic E-state index is 0.0615. The molecule has 0 unspecified atom stereocenters. The number of hydrogen-bond acceptors (Lipinski definition) is 4. The van der Waals surface area contributed by atoms with Gasteiger partial charge in [-0.1, -0.05) is 12.1 Å². The molecular formula is C19H25N5O3. The van der Waals surface area contributed by atoms with Gasteiger partial charge in [0.05, 0.1) is 17.6 Å². The topological polar surface area (TPSA) is 81.9 Å². The highest BCUT2D eigenvalue weighted by atomic mass is 16.4. The number of aromatic nitrogens is 2. The second kappa shape index (κ2) is 6.23. The summed E-state index contributed by atoms with van der Waals surface area (Å²) in [6, 6.07) is 7.86. The van der Waals surface area contributed by atoms with Gasteiger partial charge in [-0.3, -0.25) is 9.69 Å². The number of fused-ring (bicyclic) bond motifs is 2. The number of urea groups is 1. The van der Waals surface area contributed by atoms with Crippen LogP contribution in [0.15, 0.2) is 24.3 Å². The maximum Gasteiger partial charge on any atom is 0.319 e. The van der Waals surface area contributed by atoms with E-state index in [1.54, 1.807) is 19.0 Å². The van der Waals surface area contributed by atoms with Crippen LogP contribution in [0.3, 0.4) is 0 Å². The first-order chi connectivity index (χ1) is 12.8. The summed E-state index contributed by atoms with van der Waals surface area (Å²) in [6.45, 7) is 2.46. The van der Waals surface area contributed by atoms with Crippen LogP contribution in [0.4, 0.5) is 4.79 Å². The molecule has 2 atom stereocenters. The van der Waals surface area contributed by atoms with E-state index in [4.69, 9.17) is 4.98 Å². The highest BCUT2D eigenvalue weighted by Crippen LogP contribution is 2.43. The van der Waals surface area contributed by atoms with Gasteiger partial charge in [0.2, 0.25) is 0 Å². The Morgan fingerprint density at radius 2 is 2.00 bits per heavy atom. The summed E-state index contributed by atoms with van der Waals surface area (Å²) >= 11 is 0. The van der Waals surface area contributed by atoms with Crippen molar-refractivity contribution in [2.75, 3.05) is 40.3 Å². The molecule has 0 radical (unpaired) electrons. The summed E-state index contributed by atoms with van der Waals surface area (Å²) in [7, 11) is 5.38. The van der Waals surface area contributed by atoms with Gasteiger partial charge in [-0.25, -0.2) is 9.78 Å². The molecule has 0 spiro atoms. The highest BCUT2D eigenvalue weighted by molar-refractivity contribution is 5.81. The van der Waals surface area contributed by atoms with Gasteiger partial charge >= 0.3 is 12.0 Å². The van der Waals surface area contributed by atoms with Crippen LogP contribution < -0.4 is 0 Å². The second-order valence-corrected chi connectivity index (χ2v) is 7.96. The van der Waals surface area contributed by atoms with E-state index in [-0.39, 0.29) is 18.5 Å². The summed E-state index contributed by atoms with van der Waals surface area (Å²) in [5.41, 5.74) is 1.13. The monoisotopic (exact) mass is 371 g/mol. The number of benzene rings is 1. The molecule has 3 heterocycles. The second-order valence-electron chi connectivity index (χ2n) is 7.96. The normalized spacial score (nSPS) is 25.1. The largest absolute Gasteiger partial charge is 0.481 e. The molecule has 27 heavy (non-hydrogen) atoms. The van der Waals surface area contributed by atoms with E-state index < -0.39 is 11.4 Å². The minimum atomic E-state index is -0.893. The van der Waals surface area contributed by atoms with Gasteiger partial charge < -0.3 is 19.5 Å². The standard InChI is InChI=1S/C19H25N5O3/c1-21(2)18(27)24-9-13-8-23(11-19(13,12-24)17(25)26)10-16-20-14-6-4-5-7-15(14)22(16)3/h4-7,13H,8-12H2,1-3H3,(H,25,26)/t13-,19-/m0/s1. The van der Waals surface area contributed by atoms with E-state index in [1.807, 2.05) is 31.3 Å². The van der Waals surface area contributed by atoms with Crippen molar-refractivity contribution in [1.29, 1.82) is 0 Å². The molecule has 2 saturated heterocycles. The zero-order valence-electron chi connectivity index (χ0n) is 15.9. The van der Waals surface area contributed by atoms with Crippen molar-refractivity contribution >= 4 is 23.0 Å². The first-order valence-electron chi connectivity index (χ1n) is 9.14. The first-order valence-corrected chi connectivity index (χ1v) is 9.14. The Labute approximate surface area is 158 Å². The van der Waals surface area contributed by atoms with E-state index in [2.05, 4.69) is 9.47 Å². The first kappa shape index (κ1) is 17.8. The molecule has 1 aromatic carbocycles. The number of para-hydroxylation sites is 2. The van der Waals surface area contributed by atoms with Crippen LogP contribution in [-0.4, -0.2) is 81.6 Å². The quantitative estimate of drug-likeness (QED) is 0.873. The molecule has 8 nitrogen and oxygen atoms in total. The van der Waals surface area contributed by atoms with Crippen molar-refractivity contribution in [3.8, 4) is 0 Å². The molecule has 0 bridgehead atoms. The number of amides is 2. The molecular weight excluding hydrogens is 346 g/mol. The van der Waals surface area contributed by atoms with E-state index in [0.29, 0.717) is 26.2 Å². The predicted molar refractivity (Wildman–Crippen MR) is 100 cm³/mol. The van der Waals surface area contributed by atoms with Gasteiger partial charge in [0.1, 0.15) is 11.2 Å². The molecule has 4 rings (SSSR count). The van der Waals surface area contributed by atoms with Crippen LogP contribution in [0.5, 0.6) is 0 Å². The number of rotatable bonds is 3. The van der Waals surface area contributed by atoms with Crippen LogP contribution in [0.2, 0.25) is 0 Å². The number of likely N-dealkylation sites (tertiary alicyclic amines) is 2. The molecule has 0 saturated carbocycles. The number of nitrogens with zero attached hydrogens (tertiary/aromatic N) is 5. The number of carboxylic acids is 1. The van der Waals surface area contributed by atoms with Crippen LogP contribution in [0.25, 0.3) is 11.0 Å². The molecule has 2 fully saturated rings. The molecule has 8 heteroatoms. The van der Waals surface area contributed by atoms with Gasteiger partial charge in [-0.2, -0.15) is 0 Å². The van der Waals surface area contributed by atoms with Crippen molar-refractivity contribution in [2.24, 2.45) is 18.4 Å². The Kier molecular flexibility index (Phi) is 4.10. The molecule has 1 N–H and O–H groups in total. The van der Waals surface area contributed by atoms with E-state index in [9.17, 15) is 14.7 Å². The summed E-state index contributed by atoms with van der Waals surface area (Å²) in [5.74, 6) is 0.0561. The molecule has 2 amide bonds. The van der Waals surface area contributed by atoms with Crippen molar-refractivity contribution in [3.05, 3.63) is 30.1 Å². The minimum Gasteiger partial charge on any atom is -0.481 e. The number of carbonyl (C=O) groups excluding carboxylic acids is 1. The fraction of sp³-hybridized carbons (Fsp3) is 0.526. The van der Waals surface area contributed by atoms with Crippen LogP contribution >= 0.6 is 0 Å². The lowest BCUT2D eigenvalue weighted by Crippen LogP contribution is -2.44. The number of hydrogen-bond donors (Lipinski definition) is 1. The Morgan fingerprint density at radius 1 is 1.26 bits per heavy atom. The van der Waals surface area contributed by atoms with Crippen LogP contribution in [0.1, 0.15) is 5.82 Å². The molecule has 2 aliphatic rings. The Hall–Kier alpha value is -2.61. The SMILES string of the molecule is CN(C)C(=O)N1C[C@@H]2CN(Cc3nc4ccccc4n3C)C[C@]2(C(=O)O)C1. The molecule has 144 valence electrons. The smallest absolute Gasteiger partial charge is 0.319 e. The fourth-order valence-electron chi connectivity index (χ4n) is 4.56. The summed E-state index contributed by atoms with van der Waals surface area (Å²) in [6.07, 6.45) is 0. The van der Waals surface area contributed by atoms with E-state index >= 15 is 0 Å². The number of carboxylic acid groups (broad SMARTS) is 1. The lowest BCUT2D eigenvalue weighted by Gasteiger charge is -2.27. The van der Waals surface area contributed by atoms with Crippen LogP contribution in [0, 0.1) is 11.3 Å². The van der Waals surface area contributed by atoms with Crippen molar-refractivity contribution in [2.45, 2.75) is 6.54 Å². The van der Waals surface area contributed by atoms with E-state index in [0.717, 1.165) is 16.9 Å². The molecule has 2 aliphatic heterocycles. The average molecular weight is 371 g/mol. The van der Waals surface area contributed by atoms with E-state index in [1.165, 1.54) is 4.90 Å². The maximum atomic E-state index is 12.3. The summed E-state index contributed by atoms with van der Waals surface area (Å²) in [5, 5.41) is 9.97. The third-order valence-corrected chi connectivity index (χ3v) is 6.00. The molecule has 0 aliphatic carbocycles. The third-order valence-electron chi connectivity index (χ3n) is 6.00. The van der Waals surface area contributed by atoms with Crippen molar-refractivity contribution in [1.82, 2.24) is 24.3 Å². The van der Waals surface area contributed by atoms with Gasteiger partial charge in [-0.15, -0.1) is 0 Å². The van der Waals surface area contributed by atoms with Gasteiger partial charge in [0.15, 0.2) is 0 Å². The zero-order chi connectivity index (χ0) is 19.3. The lowest BCUT2D eigenvalue weighted by atomic mass is 9.81. The van der Waals surface area contributed by atoms with Gasteiger partial charge in [-0.05, 0) is 12.1 Å². The Bertz CT molecular complexity index is 908. The zero-order valence-corrected chi connectivity index (χ0v) is 15.9. The average Bonchev–Trinajstić information content (AvgIpc) is 3.24. The fourth-order valence-corrected chi connectivity index (χ4v) is 4.56. The van der Waals surface area contributed by atoms with Crippen molar-refractivity contribution in [3.63, 3.8) is 0 Å². The number of aryl methyl sites for hydroxylation is 1. The van der Waals surface area contributed by atoms with Crippen LogP contribution in [-0.2, 0) is 18.4 Å². The summed E-state index contributed by atoms with van der Waals surface area (Å²) < 4.78 is 2.07. The van der Waals surface area contributed by atoms with Gasteiger partial charge in [0.25, 0.3) is 0 Å². The third kappa shape index (κ3) is 2.75. The van der Waals surface area contributed by atoms with Gasteiger partial charge in [0, 0.05) is 53.2 Å². The number of aliphatic carboxylic acids is 1. The number of imidazole rings is 1. The summed E-state index contributed by atoms with van der Waals surface area (Å²) in [4.78, 5) is 34.5. The molecule has 2 aromatic rings. The maximum absolute atomic E-state index is 12.3. The highest BCUT2D eigenvalue weighted by Gasteiger charge is 2.58.